The van der Waals surface area contributed by atoms with Gasteiger partial charge in [-0.05, 0) is 12.8 Å². The molecule has 94 valence electrons. The average Bonchev–Trinajstić information content (AvgIpc) is 2.24. The Hall–Kier alpha value is -1.26. The number of hydrogen-bond donors (Lipinski definition) is 0. The minimum Gasteiger partial charge on any atom is -0.354 e. The zero-order valence-electron chi connectivity index (χ0n) is 9.56. The van der Waals surface area contributed by atoms with Gasteiger partial charge in [0.05, 0.1) is 0 Å². The van der Waals surface area contributed by atoms with Crippen LogP contribution in [0.15, 0.2) is 6.07 Å². The lowest BCUT2D eigenvalue weighted by Gasteiger charge is -2.26. The Balaban J connectivity index is 2.21. The molecule has 2 heterocycles. The van der Waals surface area contributed by atoms with Crippen molar-refractivity contribution in [3.63, 3.8) is 0 Å². The van der Waals surface area contributed by atoms with E-state index >= 15 is 0 Å². The first kappa shape index (κ1) is 12.2. The summed E-state index contributed by atoms with van der Waals surface area (Å²) >= 11 is 0. The number of halogens is 3. The molecule has 1 saturated heterocycles. The zero-order valence-corrected chi connectivity index (χ0v) is 9.56. The lowest BCUT2D eigenvalue weighted by Crippen LogP contribution is -2.29. The highest BCUT2D eigenvalue weighted by molar-refractivity contribution is 5.40. The molecule has 1 fully saturated rings. The zero-order chi connectivity index (χ0) is 12.3. The van der Waals surface area contributed by atoms with Crippen LogP contribution in [0, 0.1) is 17.6 Å². The summed E-state index contributed by atoms with van der Waals surface area (Å²) in [6, 6.07) is 0.566. The Morgan fingerprint density at radius 2 is 1.47 bits per heavy atom. The SMILES string of the molecule is Fc1cc(F)c(N2CCCCCCC2)nc1F. The molecule has 2 nitrogen and oxygen atoms in total. The molecule has 1 aliphatic heterocycles. The molecule has 0 bridgehead atoms. The average molecular weight is 244 g/mol. The molecule has 17 heavy (non-hydrogen) atoms. The molecule has 0 spiro atoms. The molecular formula is C12H15F3N2. The topological polar surface area (TPSA) is 16.1 Å². The van der Waals surface area contributed by atoms with E-state index in [4.69, 9.17) is 0 Å². The van der Waals surface area contributed by atoms with Gasteiger partial charge < -0.3 is 4.90 Å². The fraction of sp³-hybridized carbons (Fsp3) is 0.583. The molecule has 1 aromatic rings. The van der Waals surface area contributed by atoms with Crippen LogP contribution in [0.4, 0.5) is 19.0 Å². The number of rotatable bonds is 1. The van der Waals surface area contributed by atoms with E-state index in [1.165, 1.54) is 6.42 Å². The fourth-order valence-corrected chi connectivity index (χ4v) is 2.12. The first-order valence-corrected chi connectivity index (χ1v) is 5.95. The molecule has 5 heteroatoms. The van der Waals surface area contributed by atoms with Crippen LogP contribution in [0.3, 0.4) is 0 Å². The minimum absolute atomic E-state index is 0.0641. The van der Waals surface area contributed by atoms with Crippen LogP contribution in [0.2, 0.25) is 0 Å². The summed E-state index contributed by atoms with van der Waals surface area (Å²) in [5.41, 5.74) is 0. The van der Waals surface area contributed by atoms with Crippen molar-refractivity contribution in [3.8, 4) is 0 Å². The van der Waals surface area contributed by atoms with Crippen LogP contribution in [0.25, 0.3) is 0 Å². The van der Waals surface area contributed by atoms with Crippen molar-refractivity contribution in [2.24, 2.45) is 0 Å². The summed E-state index contributed by atoms with van der Waals surface area (Å²) in [6.07, 6.45) is 5.21. The molecule has 0 saturated carbocycles. The van der Waals surface area contributed by atoms with Crippen molar-refractivity contribution < 1.29 is 13.2 Å². The van der Waals surface area contributed by atoms with Gasteiger partial charge in [0.2, 0.25) is 0 Å². The predicted octanol–water partition coefficient (Wildman–Crippen LogP) is 3.27. The van der Waals surface area contributed by atoms with Gasteiger partial charge in [-0.1, -0.05) is 19.3 Å². The van der Waals surface area contributed by atoms with Gasteiger partial charge in [-0.2, -0.15) is 9.37 Å². The summed E-state index contributed by atoms with van der Waals surface area (Å²) in [5.74, 6) is -3.32. The van der Waals surface area contributed by atoms with Crippen LogP contribution in [0.5, 0.6) is 0 Å². The van der Waals surface area contributed by atoms with E-state index in [2.05, 4.69) is 4.98 Å². The number of hydrogen-bond acceptors (Lipinski definition) is 2. The van der Waals surface area contributed by atoms with E-state index in [0.29, 0.717) is 19.2 Å². The van der Waals surface area contributed by atoms with E-state index in [-0.39, 0.29) is 5.82 Å². The molecule has 1 aliphatic rings. The van der Waals surface area contributed by atoms with E-state index < -0.39 is 17.6 Å². The molecule has 0 aliphatic carbocycles. The van der Waals surface area contributed by atoms with Gasteiger partial charge in [0, 0.05) is 19.2 Å². The quantitative estimate of drug-likeness (QED) is 0.705. The maximum absolute atomic E-state index is 13.5. The number of anilines is 1. The van der Waals surface area contributed by atoms with Crippen LogP contribution >= 0.6 is 0 Å². The van der Waals surface area contributed by atoms with Crippen molar-refractivity contribution in [2.45, 2.75) is 32.1 Å². The smallest absolute Gasteiger partial charge is 0.251 e. The molecular weight excluding hydrogens is 229 g/mol. The molecule has 0 radical (unpaired) electrons. The van der Waals surface area contributed by atoms with Crippen molar-refractivity contribution in [1.82, 2.24) is 4.98 Å². The van der Waals surface area contributed by atoms with Gasteiger partial charge in [0.1, 0.15) is 0 Å². The number of pyridine rings is 1. The lowest BCUT2D eigenvalue weighted by atomic mass is 10.1. The molecule has 0 amide bonds. The highest BCUT2D eigenvalue weighted by atomic mass is 19.2. The molecule has 2 rings (SSSR count). The third kappa shape index (κ3) is 2.90. The maximum Gasteiger partial charge on any atom is 0.251 e. The van der Waals surface area contributed by atoms with E-state index in [0.717, 1.165) is 25.7 Å². The van der Waals surface area contributed by atoms with Gasteiger partial charge >= 0.3 is 0 Å². The monoisotopic (exact) mass is 244 g/mol. The second-order valence-electron chi connectivity index (χ2n) is 4.32. The van der Waals surface area contributed by atoms with Crippen LogP contribution in [0.1, 0.15) is 32.1 Å². The van der Waals surface area contributed by atoms with Crippen LogP contribution in [-0.2, 0) is 0 Å². The van der Waals surface area contributed by atoms with E-state index in [1.54, 1.807) is 4.90 Å². The Morgan fingerprint density at radius 1 is 0.882 bits per heavy atom. The summed E-state index contributed by atoms with van der Waals surface area (Å²) < 4.78 is 39.3. The largest absolute Gasteiger partial charge is 0.354 e. The van der Waals surface area contributed by atoms with Crippen molar-refractivity contribution in [1.29, 1.82) is 0 Å². The summed E-state index contributed by atoms with van der Waals surface area (Å²) in [6.45, 7) is 1.30. The first-order chi connectivity index (χ1) is 8.18. The minimum atomic E-state index is -1.24. The van der Waals surface area contributed by atoms with Gasteiger partial charge in [-0.15, -0.1) is 0 Å². The third-order valence-corrected chi connectivity index (χ3v) is 3.02. The van der Waals surface area contributed by atoms with Crippen LogP contribution < -0.4 is 4.90 Å². The Kier molecular flexibility index (Phi) is 3.86. The second kappa shape index (κ2) is 5.38. The lowest BCUT2D eigenvalue weighted by molar-refractivity contribution is 0.459. The fourth-order valence-electron chi connectivity index (χ4n) is 2.12. The predicted molar refractivity (Wildman–Crippen MR) is 59.4 cm³/mol. The molecule has 0 unspecified atom stereocenters. The first-order valence-electron chi connectivity index (χ1n) is 5.95. The maximum atomic E-state index is 13.5. The van der Waals surface area contributed by atoms with Crippen LogP contribution in [-0.4, -0.2) is 18.1 Å². The summed E-state index contributed by atoms with van der Waals surface area (Å²) in [5, 5.41) is 0. The number of aromatic nitrogens is 1. The van der Waals surface area contributed by atoms with Crippen molar-refractivity contribution >= 4 is 5.82 Å². The molecule has 0 N–H and O–H groups in total. The normalized spacial score (nSPS) is 17.7. The van der Waals surface area contributed by atoms with E-state index in [9.17, 15) is 13.2 Å². The molecule has 1 aromatic heterocycles. The number of nitrogens with zero attached hydrogens (tertiary/aromatic N) is 2. The highest BCUT2D eigenvalue weighted by Crippen LogP contribution is 2.21. The van der Waals surface area contributed by atoms with Crippen molar-refractivity contribution in [2.75, 3.05) is 18.0 Å². The second-order valence-corrected chi connectivity index (χ2v) is 4.32. The Labute approximate surface area is 98.5 Å². The molecule has 0 atom stereocenters. The Bertz CT molecular complexity index is 388. The third-order valence-electron chi connectivity index (χ3n) is 3.02. The van der Waals surface area contributed by atoms with E-state index in [1.807, 2.05) is 0 Å². The van der Waals surface area contributed by atoms with Gasteiger partial charge in [0.15, 0.2) is 17.5 Å². The van der Waals surface area contributed by atoms with Gasteiger partial charge in [0.25, 0.3) is 5.95 Å². The summed E-state index contributed by atoms with van der Waals surface area (Å²) in [7, 11) is 0. The standard InChI is InChI=1S/C12H15F3N2/c13-9-8-10(14)12(16-11(9)15)17-6-4-2-1-3-5-7-17/h8H,1-7H2. The van der Waals surface area contributed by atoms with Gasteiger partial charge in [-0.25, -0.2) is 8.78 Å². The Morgan fingerprint density at radius 3 is 2.12 bits per heavy atom. The van der Waals surface area contributed by atoms with Crippen molar-refractivity contribution in [3.05, 3.63) is 23.6 Å². The highest BCUT2D eigenvalue weighted by Gasteiger charge is 2.18. The molecule has 0 aromatic carbocycles. The van der Waals surface area contributed by atoms with Gasteiger partial charge in [-0.3, -0.25) is 0 Å². The summed E-state index contributed by atoms with van der Waals surface area (Å²) in [4.78, 5) is 5.08.